The molecule has 0 unspecified atom stereocenters. The van der Waals surface area contributed by atoms with Gasteiger partial charge in [-0.25, -0.2) is 23.5 Å². The van der Waals surface area contributed by atoms with E-state index >= 15 is 0 Å². The lowest BCUT2D eigenvalue weighted by Crippen LogP contribution is -2.43. The van der Waals surface area contributed by atoms with Crippen LogP contribution >= 0.6 is 0 Å². The summed E-state index contributed by atoms with van der Waals surface area (Å²) >= 11 is 0. The van der Waals surface area contributed by atoms with Crippen LogP contribution in [0.4, 0.5) is 9.18 Å². The first-order chi connectivity index (χ1) is 16.5. The van der Waals surface area contributed by atoms with Crippen LogP contribution in [0.15, 0.2) is 57.7 Å². The fraction of sp³-hybridized carbons (Fsp3) is 0.280. The van der Waals surface area contributed by atoms with E-state index in [0.717, 1.165) is 4.57 Å². The zero-order valence-electron chi connectivity index (χ0n) is 19.8. The molecule has 2 amide bonds. The molecule has 2 heterocycles. The summed E-state index contributed by atoms with van der Waals surface area (Å²) in [5.74, 6) is -0.765. The Hall–Kier alpha value is -4.21. The molecular weight excluding hydrogens is 453 g/mol. The number of nitrogens with two attached hydrogens (primary N) is 1. The molecular formula is C25H26FN5O4. The standard InChI is InChI=1S/C25H26FN5O4/c1-14-19(21(27)32)28-22(35-14)20(25(2,3)4)29-23(33)31-18-8-6-5-7-17(18)30(24(31)34)13-15-9-11-16(26)12-10-15/h5-12,20H,13H2,1-4H3,(H2,27,32)(H,29,33)/t20-/m1/s1. The first-order valence-corrected chi connectivity index (χ1v) is 11.0. The molecule has 0 saturated heterocycles. The minimum absolute atomic E-state index is 0.0171. The largest absolute Gasteiger partial charge is 0.443 e. The van der Waals surface area contributed by atoms with E-state index in [1.165, 1.54) is 16.7 Å². The van der Waals surface area contributed by atoms with E-state index in [0.29, 0.717) is 16.6 Å². The Kier molecular flexibility index (Phi) is 6.06. The molecule has 182 valence electrons. The molecule has 1 atom stereocenters. The SMILES string of the molecule is Cc1oc([C@@H](NC(=O)n2c(=O)n(Cc3ccc(F)cc3)c3ccccc32)C(C)(C)C)nc1C(N)=O. The number of benzene rings is 2. The molecule has 10 heteroatoms. The molecule has 0 aliphatic heterocycles. The number of aromatic nitrogens is 3. The number of para-hydroxylation sites is 2. The van der Waals surface area contributed by atoms with Crippen molar-refractivity contribution < 1.29 is 18.4 Å². The quantitative estimate of drug-likeness (QED) is 0.451. The summed E-state index contributed by atoms with van der Waals surface area (Å²) in [4.78, 5) is 42.7. The van der Waals surface area contributed by atoms with Crippen molar-refractivity contribution in [2.45, 2.75) is 40.3 Å². The van der Waals surface area contributed by atoms with Crippen molar-refractivity contribution in [3.05, 3.63) is 87.7 Å². The van der Waals surface area contributed by atoms with Crippen molar-refractivity contribution in [3.63, 3.8) is 0 Å². The zero-order chi connectivity index (χ0) is 25.5. The summed E-state index contributed by atoms with van der Waals surface area (Å²) in [5.41, 5.74) is 5.88. The Bertz CT molecular complexity index is 1470. The number of oxazole rings is 1. The van der Waals surface area contributed by atoms with Crippen LogP contribution in [0.2, 0.25) is 0 Å². The maximum Gasteiger partial charge on any atom is 0.337 e. The van der Waals surface area contributed by atoms with Gasteiger partial charge in [0.25, 0.3) is 5.91 Å². The highest BCUT2D eigenvalue weighted by Crippen LogP contribution is 2.33. The topological polar surface area (TPSA) is 125 Å². The van der Waals surface area contributed by atoms with Gasteiger partial charge >= 0.3 is 11.7 Å². The summed E-state index contributed by atoms with van der Waals surface area (Å²) in [5, 5.41) is 2.84. The number of carbonyl (C=O) groups is 2. The summed E-state index contributed by atoms with van der Waals surface area (Å²) in [6, 6.07) is 11.3. The Balaban J connectivity index is 1.75. The van der Waals surface area contributed by atoms with Crippen LogP contribution in [0, 0.1) is 18.2 Å². The highest BCUT2D eigenvalue weighted by atomic mass is 19.1. The maximum absolute atomic E-state index is 13.5. The lowest BCUT2D eigenvalue weighted by atomic mass is 9.86. The average Bonchev–Trinajstić information content (AvgIpc) is 3.30. The first-order valence-electron chi connectivity index (χ1n) is 11.0. The summed E-state index contributed by atoms with van der Waals surface area (Å²) in [6.45, 7) is 7.31. The van der Waals surface area contributed by atoms with Crippen molar-refractivity contribution in [2.24, 2.45) is 11.1 Å². The maximum atomic E-state index is 13.5. The van der Waals surface area contributed by atoms with Gasteiger partial charge in [-0.05, 0) is 42.2 Å². The molecule has 0 aliphatic carbocycles. The van der Waals surface area contributed by atoms with E-state index in [2.05, 4.69) is 10.3 Å². The smallest absolute Gasteiger partial charge is 0.337 e. The summed E-state index contributed by atoms with van der Waals surface area (Å²) < 4.78 is 21.5. The molecule has 0 saturated carbocycles. The number of halogens is 1. The molecule has 9 nitrogen and oxygen atoms in total. The molecule has 2 aromatic heterocycles. The fourth-order valence-corrected chi connectivity index (χ4v) is 3.94. The van der Waals surface area contributed by atoms with E-state index in [1.54, 1.807) is 43.3 Å². The predicted molar refractivity (Wildman–Crippen MR) is 128 cm³/mol. The lowest BCUT2D eigenvalue weighted by molar-refractivity contribution is 0.0994. The van der Waals surface area contributed by atoms with Gasteiger partial charge in [-0.15, -0.1) is 0 Å². The highest BCUT2D eigenvalue weighted by Gasteiger charge is 2.34. The molecule has 0 aliphatic rings. The van der Waals surface area contributed by atoms with E-state index in [4.69, 9.17) is 10.2 Å². The molecule has 2 aromatic carbocycles. The van der Waals surface area contributed by atoms with Crippen molar-refractivity contribution in [2.75, 3.05) is 0 Å². The number of imidazole rings is 1. The van der Waals surface area contributed by atoms with Gasteiger partial charge in [-0.1, -0.05) is 45.0 Å². The lowest BCUT2D eigenvalue weighted by Gasteiger charge is -2.28. The van der Waals surface area contributed by atoms with E-state index in [9.17, 15) is 18.8 Å². The molecule has 0 bridgehead atoms. The van der Waals surface area contributed by atoms with Crippen LogP contribution in [-0.2, 0) is 6.54 Å². The van der Waals surface area contributed by atoms with Crippen molar-refractivity contribution in [3.8, 4) is 0 Å². The normalized spacial score (nSPS) is 12.6. The second kappa shape index (κ2) is 8.86. The molecule has 0 fully saturated rings. The molecule has 0 radical (unpaired) electrons. The van der Waals surface area contributed by atoms with Crippen molar-refractivity contribution in [1.82, 2.24) is 19.4 Å². The number of amides is 2. The fourth-order valence-electron chi connectivity index (χ4n) is 3.94. The number of hydrogen-bond donors (Lipinski definition) is 2. The Morgan fingerprint density at radius 3 is 2.31 bits per heavy atom. The molecule has 4 rings (SSSR count). The molecule has 4 aromatic rings. The van der Waals surface area contributed by atoms with Gasteiger partial charge in [0.05, 0.1) is 17.6 Å². The number of carbonyl (C=O) groups excluding carboxylic acids is 2. The molecule has 0 spiro atoms. The number of nitrogens with one attached hydrogen (secondary N) is 1. The van der Waals surface area contributed by atoms with Crippen LogP contribution < -0.4 is 16.7 Å². The average molecular weight is 480 g/mol. The van der Waals surface area contributed by atoms with E-state index in [-0.39, 0.29) is 29.7 Å². The molecule has 3 N–H and O–H groups in total. The van der Waals surface area contributed by atoms with Gasteiger partial charge in [-0.3, -0.25) is 9.36 Å². The van der Waals surface area contributed by atoms with E-state index in [1.807, 2.05) is 20.8 Å². The number of aryl methyl sites for hydroxylation is 1. The van der Waals surface area contributed by atoms with Gasteiger partial charge in [0, 0.05) is 0 Å². The summed E-state index contributed by atoms with van der Waals surface area (Å²) in [6.07, 6.45) is 0. The van der Waals surface area contributed by atoms with Gasteiger partial charge in [0.15, 0.2) is 5.69 Å². The Morgan fingerprint density at radius 2 is 1.74 bits per heavy atom. The van der Waals surface area contributed by atoms with Crippen LogP contribution in [0.3, 0.4) is 0 Å². The number of hydrogen-bond acceptors (Lipinski definition) is 5. The minimum atomic E-state index is -0.770. The Morgan fingerprint density at radius 1 is 1.11 bits per heavy atom. The minimum Gasteiger partial charge on any atom is -0.443 e. The third kappa shape index (κ3) is 4.59. The van der Waals surface area contributed by atoms with Crippen LogP contribution in [0.25, 0.3) is 11.0 Å². The summed E-state index contributed by atoms with van der Waals surface area (Å²) in [7, 11) is 0. The molecule has 35 heavy (non-hydrogen) atoms. The van der Waals surface area contributed by atoms with Crippen LogP contribution in [0.5, 0.6) is 0 Å². The highest BCUT2D eigenvalue weighted by molar-refractivity contribution is 5.92. The van der Waals surface area contributed by atoms with E-state index < -0.39 is 29.1 Å². The third-order valence-electron chi connectivity index (χ3n) is 5.72. The number of primary amides is 1. The van der Waals surface area contributed by atoms with Gasteiger partial charge < -0.3 is 15.5 Å². The first kappa shape index (κ1) is 23.9. The van der Waals surface area contributed by atoms with Gasteiger partial charge in [0.1, 0.15) is 17.6 Å². The predicted octanol–water partition coefficient (Wildman–Crippen LogP) is 3.73. The van der Waals surface area contributed by atoms with Crippen LogP contribution in [0.1, 0.15) is 54.5 Å². The number of fused-ring (bicyclic) bond motifs is 1. The number of nitrogens with zero attached hydrogens (tertiary/aromatic N) is 3. The Labute approximate surface area is 200 Å². The zero-order valence-corrected chi connectivity index (χ0v) is 19.8. The monoisotopic (exact) mass is 479 g/mol. The second-order valence-electron chi connectivity index (χ2n) is 9.39. The third-order valence-corrected chi connectivity index (χ3v) is 5.72. The van der Waals surface area contributed by atoms with Crippen molar-refractivity contribution in [1.29, 1.82) is 0 Å². The second-order valence-corrected chi connectivity index (χ2v) is 9.39. The van der Waals surface area contributed by atoms with Gasteiger partial charge in [0.2, 0.25) is 5.89 Å². The van der Waals surface area contributed by atoms with Crippen molar-refractivity contribution >= 4 is 23.0 Å². The van der Waals surface area contributed by atoms with Gasteiger partial charge in [-0.2, -0.15) is 0 Å². The number of rotatable bonds is 5. The van der Waals surface area contributed by atoms with Crippen LogP contribution in [-0.4, -0.2) is 26.1 Å².